The van der Waals surface area contributed by atoms with Gasteiger partial charge in [-0.2, -0.15) is 5.10 Å². The molecule has 2 N–H and O–H groups in total. The fraction of sp³-hybridized carbons (Fsp3) is 0.526. The molecule has 138 valence electrons. The Morgan fingerprint density at radius 3 is 2.96 bits per heavy atom. The molecule has 0 unspecified atom stereocenters. The fourth-order valence-electron chi connectivity index (χ4n) is 3.86. The van der Waals surface area contributed by atoms with E-state index in [0.29, 0.717) is 12.2 Å². The van der Waals surface area contributed by atoms with Gasteiger partial charge < -0.3 is 10.1 Å². The summed E-state index contributed by atoms with van der Waals surface area (Å²) < 4.78 is 5.47. The number of nitrogens with zero attached hydrogens (tertiary/aromatic N) is 3. The number of aromatic amines is 1. The number of aromatic nitrogens is 3. The third-order valence-corrected chi connectivity index (χ3v) is 5.28. The largest absolute Gasteiger partial charge is 0.379 e. The molecule has 4 rings (SSSR count). The SMILES string of the molecule is O=C(NC[C@H](c1cccnc1)N1CCOCC1)c1n[nH]c2c1CCCC2. The van der Waals surface area contributed by atoms with Gasteiger partial charge in [0.15, 0.2) is 5.69 Å². The Hall–Kier alpha value is -2.25. The van der Waals surface area contributed by atoms with Crippen molar-refractivity contribution in [2.75, 3.05) is 32.8 Å². The Bertz CT molecular complexity index is 740. The Morgan fingerprint density at radius 2 is 2.15 bits per heavy atom. The highest BCUT2D eigenvalue weighted by atomic mass is 16.5. The third kappa shape index (κ3) is 3.64. The molecule has 1 fully saturated rings. The van der Waals surface area contributed by atoms with Crippen molar-refractivity contribution in [3.05, 3.63) is 47.0 Å². The van der Waals surface area contributed by atoms with Crippen LogP contribution < -0.4 is 5.32 Å². The van der Waals surface area contributed by atoms with Gasteiger partial charge in [0.2, 0.25) is 0 Å². The smallest absolute Gasteiger partial charge is 0.272 e. The summed E-state index contributed by atoms with van der Waals surface area (Å²) in [7, 11) is 0. The van der Waals surface area contributed by atoms with E-state index in [0.717, 1.165) is 68.8 Å². The van der Waals surface area contributed by atoms with E-state index in [2.05, 4.69) is 31.5 Å². The Kier molecular flexibility index (Phi) is 5.26. The summed E-state index contributed by atoms with van der Waals surface area (Å²) in [6.45, 7) is 3.68. The van der Waals surface area contributed by atoms with Gasteiger partial charge in [-0.3, -0.25) is 19.8 Å². The van der Waals surface area contributed by atoms with Gasteiger partial charge in [-0.15, -0.1) is 0 Å². The summed E-state index contributed by atoms with van der Waals surface area (Å²) in [5.41, 5.74) is 3.89. The van der Waals surface area contributed by atoms with Crippen LogP contribution in [-0.2, 0) is 17.6 Å². The van der Waals surface area contributed by atoms with E-state index >= 15 is 0 Å². The lowest BCUT2D eigenvalue weighted by Crippen LogP contribution is -2.44. The molecule has 0 radical (unpaired) electrons. The average molecular weight is 355 g/mol. The molecule has 0 aromatic carbocycles. The van der Waals surface area contributed by atoms with Gasteiger partial charge in [-0.05, 0) is 37.3 Å². The Balaban J connectivity index is 1.47. The minimum Gasteiger partial charge on any atom is -0.379 e. The van der Waals surface area contributed by atoms with Crippen molar-refractivity contribution >= 4 is 5.91 Å². The van der Waals surface area contributed by atoms with E-state index in [1.807, 2.05) is 12.3 Å². The van der Waals surface area contributed by atoms with Crippen LogP contribution in [0.15, 0.2) is 24.5 Å². The number of carbonyl (C=O) groups excluding carboxylic acids is 1. The van der Waals surface area contributed by atoms with Crippen LogP contribution >= 0.6 is 0 Å². The van der Waals surface area contributed by atoms with Crippen molar-refractivity contribution in [2.45, 2.75) is 31.7 Å². The van der Waals surface area contributed by atoms with E-state index in [1.165, 1.54) is 0 Å². The van der Waals surface area contributed by atoms with E-state index < -0.39 is 0 Å². The second-order valence-electron chi connectivity index (χ2n) is 6.90. The highest BCUT2D eigenvalue weighted by Gasteiger charge is 2.26. The summed E-state index contributed by atoms with van der Waals surface area (Å²) in [6, 6.07) is 4.09. The molecule has 1 aliphatic heterocycles. The predicted octanol–water partition coefficient (Wildman–Crippen LogP) is 1.49. The average Bonchev–Trinajstić information content (AvgIpc) is 3.14. The molecule has 2 aromatic heterocycles. The molecule has 7 heteroatoms. The lowest BCUT2D eigenvalue weighted by atomic mass is 9.95. The summed E-state index contributed by atoms with van der Waals surface area (Å²) in [5, 5.41) is 10.4. The standard InChI is InChI=1S/C19H25N5O2/c25-19(18-15-5-1-2-6-16(15)22-23-18)21-13-17(14-4-3-7-20-12-14)24-8-10-26-11-9-24/h3-4,7,12,17H,1-2,5-6,8-11,13H2,(H,21,25)(H,22,23)/t17-/m1/s1. The number of morpholine rings is 1. The van der Waals surface area contributed by atoms with Crippen LogP contribution in [-0.4, -0.2) is 58.8 Å². The quantitative estimate of drug-likeness (QED) is 0.849. The van der Waals surface area contributed by atoms with E-state index in [9.17, 15) is 4.79 Å². The molecule has 0 bridgehead atoms. The molecule has 2 aromatic rings. The molecule has 1 amide bonds. The molecular formula is C19H25N5O2. The van der Waals surface area contributed by atoms with Crippen LogP contribution in [0, 0.1) is 0 Å². The van der Waals surface area contributed by atoms with Crippen molar-refractivity contribution in [1.29, 1.82) is 0 Å². The molecule has 7 nitrogen and oxygen atoms in total. The molecule has 1 aliphatic carbocycles. The highest BCUT2D eigenvalue weighted by Crippen LogP contribution is 2.23. The zero-order valence-corrected chi connectivity index (χ0v) is 14.9. The van der Waals surface area contributed by atoms with E-state index in [4.69, 9.17) is 4.74 Å². The Labute approximate surface area is 153 Å². The number of fused-ring (bicyclic) bond motifs is 1. The van der Waals surface area contributed by atoms with Gasteiger partial charge in [0.25, 0.3) is 5.91 Å². The maximum Gasteiger partial charge on any atom is 0.272 e. The minimum atomic E-state index is -0.0912. The normalized spacial score (nSPS) is 18.9. The number of amides is 1. The van der Waals surface area contributed by atoms with Gasteiger partial charge in [0.05, 0.1) is 19.3 Å². The first-order valence-electron chi connectivity index (χ1n) is 9.39. The Morgan fingerprint density at radius 1 is 1.31 bits per heavy atom. The molecule has 26 heavy (non-hydrogen) atoms. The second-order valence-corrected chi connectivity index (χ2v) is 6.90. The fourth-order valence-corrected chi connectivity index (χ4v) is 3.86. The van der Waals surface area contributed by atoms with Gasteiger partial charge in [-0.1, -0.05) is 6.07 Å². The number of ether oxygens (including phenoxy) is 1. The lowest BCUT2D eigenvalue weighted by molar-refractivity contribution is 0.0161. The highest BCUT2D eigenvalue weighted by molar-refractivity contribution is 5.94. The van der Waals surface area contributed by atoms with Crippen molar-refractivity contribution in [3.8, 4) is 0 Å². The van der Waals surface area contributed by atoms with Crippen LogP contribution in [0.5, 0.6) is 0 Å². The zero-order valence-electron chi connectivity index (χ0n) is 14.9. The zero-order chi connectivity index (χ0) is 17.8. The van der Waals surface area contributed by atoms with Crippen molar-refractivity contribution in [2.24, 2.45) is 0 Å². The maximum absolute atomic E-state index is 12.7. The maximum atomic E-state index is 12.7. The van der Waals surface area contributed by atoms with Crippen LogP contribution in [0.2, 0.25) is 0 Å². The first kappa shape index (κ1) is 17.2. The molecule has 0 spiro atoms. The molecule has 3 heterocycles. The monoisotopic (exact) mass is 355 g/mol. The van der Waals surface area contributed by atoms with Crippen LogP contribution in [0.25, 0.3) is 0 Å². The number of rotatable bonds is 5. The van der Waals surface area contributed by atoms with E-state index in [1.54, 1.807) is 6.20 Å². The van der Waals surface area contributed by atoms with Crippen LogP contribution in [0.4, 0.5) is 0 Å². The van der Waals surface area contributed by atoms with Gasteiger partial charge in [0.1, 0.15) is 0 Å². The van der Waals surface area contributed by atoms with E-state index in [-0.39, 0.29) is 11.9 Å². The molecule has 1 atom stereocenters. The molecular weight excluding hydrogens is 330 g/mol. The lowest BCUT2D eigenvalue weighted by Gasteiger charge is -2.34. The predicted molar refractivity (Wildman–Crippen MR) is 96.9 cm³/mol. The van der Waals surface area contributed by atoms with Gasteiger partial charge >= 0.3 is 0 Å². The van der Waals surface area contributed by atoms with Crippen molar-refractivity contribution < 1.29 is 9.53 Å². The number of nitrogens with one attached hydrogen (secondary N) is 2. The third-order valence-electron chi connectivity index (χ3n) is 5.28. The first-order valence-corrected chi connectivity index (χ1v) is 9.39. The number of carbonyl (C=O) groups is 1. The van der Waals surface area contributed by atoms with Gasteiger partial charge in [0, 0.05) is 43.3 Å². The minimum absolute atomic E-state index is 0.0892. The number of hydrogen-bond acceptors (Lipinski definition) is 5. The van der Waals surface area contributed by atoms with Crippen molar-refractivity contribution in [1.82, 2.24) is 25.4 Å². The van der Waals surface area contributed by atoms with Crippen LogP contribution in [0.3, 0.4) is 0 Å². The topological polar surface area (TPSA) is 83.1 Å². The molecule has 1 saturated heterocycles. The van der Waals surface area contributed by atoms with Gasteiger partial charge in [-0.25, -0.2) is 0 Å². The number of pyridine rings is 1. The molecule has 0 saturated carbocycles. The van der Waals surface area contributed by atoms with Crippen LogP contribution in [0.1, 0.15) is 46.2 Å². The second kappa shape index (κ2) is 7.97. The summed E-state index contributed by atoms with van der Waals surface area (Å²) in [5.74, 6) is -0.0912. The van der Waals surface area contributed by atoms with Crippen molar-refractivity contribution in [3.63, 3.8) is 0 Å². The molecule has 2 aliphatic rings. The summed E-state index contributed by atoms with van der Waals surface area (Å²) in [4.78, 5) is 19.3. The summed E-state index contributed by atoms with van der Waals surface area (Å²) in [6.07, 6.45) is 7.86. The number of hydrogen-bond donors (Lipinski definition) is 2. The number of H-pyrrole nitrogens is 1. The first-order chi connectivity index (χ1) is 12.8. The summed E-state index contributed by atoms with van der Waals surface area (Å²) >= 11 is 0. The number of aryl methyl sites for hydroxylation is 1.